The molecule has 2 fully saturated rings. The fourth-order valence-corrected chi connectivity index (χ4v) is 2.36. The van der Waals surface area contributed by atoms with Crippen LogP contribution in [-0.4, -0.2) is 18.0 Å². The molecular weight excluding hydrogens is 134 g/mol. The van der Waals surface area contributed by atoms with Crippen LogP contribution in [0.2, 0.25) is 0 Å². The summed E-state index contributed by atoms with van der Waals surface area (Å²) in [6.07, 6.45) is 9.30. The van der Waals surface area contributed by atoms with Crippen LogP contribution in [0, 0.1) is 5.41 Å². The van der Waals surface area contributed by atoms with Crippen molar-refractivity contribution in [3.05, 3.63) is 12.8 Å². The fourth-order valence-electron chi connectivity index (χ4n) is 2.36. The Morgan fingerprint density at radius 3 is 2.09 bits per heavy atom. The molecule has 0 aromatic heterocycles. The van der Waals surface area contributed by atoms with E-state index in [1.165, 1.54) is 45.2 Å². The van der Waals surface area contributed by atoms with Crippen LogP contribution < -0.4 is 0 Å². The molecule has 62 valence electrons. The molecule has 0 aromatic carbocycles. The summed E-state index contributed by atoms with van der Waals surface area (Å²) in [6.45, 7) is 6.31. The van der Waals surface area contributed by atoms with E-state index in [4.69, 9.17) is 0 Å². The van der Waals surface area contributed by atoms with E-state index in [9.17, 15) is 0 Å². The first-order valence-electron chi connectivity index (χ1n) is 4.71. The van der Waals surface area contributed by atoms with Gasteiger partial charge in [-0.25, -0.2) is 0 Å². The minimum Gasteiger partial charge on any atom is -0.378 e. The summed E-state index contributed by atoms with van der Waals surface area (Å²) in [5, 5.41) is 0. The van der Waals surface area contributed by atoms with E-state index in [0.29, 0.717) is 0 Å². The summed E-state index contributed by atoms with van der Waals surface area (Å²) in [7, 11) is 0. The second kappa shape index (κ2) is 2.54. The van der Waals surface area contributed by atoms with E-state index in [0.717, 1.165) is 5.41 Å². The van der Waals surface area contributed by atoms with Crippen LogP contribution in [0.1, 0.15) is 32.1 Å². The molecule has 2 aliphatic rings. The average molecular weight is 151 g/mol. The van der Waals surface area contributed by atoms with Crippen LogP contribution in [-0.2, 0) is 0 Å². The quantitative estimate of drug-likeness (QED) is 0.556. The van der Waals surface area contributed by atoms with Crippen LogP contribution in [0.25, 0.3) is 0 Å². The van der Waals surface area contributed by atoms with E-state index in [1.54, 1.807) is 0 Å². The minimum absolute atomic E-state index is 0.791. The molecule has 1 saturated heterocycles. The highest BCUT2D eigenvalue weighted by Crippen LogP contribution is 2.48. The number of hydrogen-bond donors (Lipinski definition) is 0. The zero-order chi connectivity index (χ0) is 7.73. The lowest BCUT2D eigenvalue weighted by Gasteiger charge is -2.47. The zero-order valence-corrected chi connectivity index (χ0v) is 7.18. The third-order valence-electron chi connectivity index (χ3n) is 3.53. The van der Waals surface area contributed by atoms with Gasteiger partial charge in [0.05, 0.1) is 0 Å². The van der Waals surface area contributed by atoms with Crippen molar-refractivity contribution in [3.8, 4) is 0 Å². The smallest absolute Gasteiger partial charge is 0.0177 e. The highest BCUT2D eigenvalue weighted by molar-refractivity contribution is 4.93. The lowest BCUT2D eigenvalue weighted by molar-refractivity contribution is 0.0506. The maximum absolute atomic E-state index is 3.80. The first-order valence-corrected chi connectivity index (χ1v) is 4.71. The molecular formula is C10H17N. The molecule has 0 unspecified atom stereocenters. The molecule has 0 N–H and O–H groups in total. The van der Waals surface area contributed by atoms with Crippen LogP contribution in [0.3, 0.4) is 0 Å². The third-order valence-corrected chi connectivity index (χ3v) is 3.53. The first-order chi connectivity index (χ1) is 5.35. The normalized spacial score (nSPS) is 28.2. The predicted molar refractivity (Wildman–Crippen MR) is 47.3 cm³/mol. The Labute approximate surface area is 69.1 Å². The molecule has 0 atom stereocenters. The second-order valence-corrected chi connectivity index (χ2v) is 4.07. The minimum atomic E-state index is 0.791. The van der Waals surface area contributed by atoms with Crippen LogP contribution in [0.4, 0.5) is 0 Å². The van der Waals surface area contributed by atoms with Gasteiger partial charge in [0, 0.05) is 13.1 Å². The van der Waals surface area contributed by atoms with E-state index >= 15 is 0 Å². The Morgan fingerprint density at radius 1 is 1.09 bits per heavy atom. The van der Waals surface area contributed by atoms with Gasteiger partial charge in [-0.05, 0) is 37.3 Å². The molecule has 1 aliphatic carbocycles. The summed E-state index contributed by atoms with van der Waals surface area (Å²) >= 11 is 0. The molecule has 1 saturated carbocycles. The summed E-state index contributed by atoms with van der Waals surface area (Å²) < 4.78 is 0. The lowest BCUT2D eigenvalue weighted by atomic mass is 9.63. The number of nitrogens with zero attached hydrogens (tertiary/aromatic N) is 1. The van der Waals surface area contributed by atoms with Crippen molar-refractivity contribution in [3.63, 3.8) is 0 Å². The zero-order valence-electron chi connectivity index (χ0n) is 7.18. The average Bonchev–Trinajstić information content (AvgIpc) is 2.02. The van der Waals surface area contributed by atoms with Gasteiger partial charge in [0.2, 0.25) is 0 Å². The van der Waals surface area contributed by atoms with E-state index in [2.05, 4.69) is 11.5 Å². The molecule has 1 aliphatic heterocycles. The molecule has 11 heavy (non-hydrogen) atoms. The SMILES string of the molecule is C=CN1CCC2(CCC2)CC1. The molecule has 0 bridgehead atoms. The lowest BCUT2D eigenvalue weighted by Crippen LogP contribution is -2.41. The van der Waals surface area contributed by atoms with Gasteiger partial charge in [0.25, 0.3) is 0 Å². The van der Waals surface area contributed by atoms with Gasteiger partial charge >= 0.3 is 0 Å². The highest BCUT2D eigenvalue weighted by atomic mass is 15.1. The summed E-state index contributed by atoms with van der Waals surface area (Å²) in [5.74, 6) is 0. The summed E-state index contributed by atoms with van der Waals surface area (Å²) in [4.78, 5) is 2.35. The topological polar surface area (TPSA) is 3.24 Å². The molecule has 0 amide bonds. The number of hydrogen-bond acceptors (Lipinski definition) is 1. The predicted octanol–water partition coefficient (Wildman–Crippen LogP) is 2.40. The van der Waals surface area contributed by atoms with Crippen LogP contribution in [0.5, 0.6) is 0 Å². The number of piperidine rings is 1. The third kappa shape index (κ3) is 1.17. The number of likely N-dealkylation sites (tertiary alicyclic amines) is 1. The second-order valence-electron chi connectivity index (χ2n) is 4.07. The van der Waals surface area contributed by atoms with Crippen LogP contribution in [0.15, 0.2) is 12.8 Å². The van der Waals surface area contributed by atoms with Crippen molar-refractivity contribution in [1.82, 2.24) is 4.90 Å². The highest BCUT2D eigenvalue weighted by Gasteiger charge is 2.38. The monoisotopic (exact) mass is 151 g/mol. The maximum Gasteiger partial charge on any atom is 0.0177 e. The summed E-state index contributed by atoms with van der Waals surface area (Å²) in [5.41, 5.74) is 0.791. The Hall–Kier alpha value is -0.460. The molecule has 0 aromatic rings. The largest absolute Gasteiger partial charge is 0.378 e. The van der Waals surface area contributed by atoms with E-state index in [1.807, 2.05) is 6.20 Å². The van der Waals surface area contributed by atoms with Gasteiger partial charge in [-0.3, -0.25) is 0 Å². The molecule has 1 heteroatoms. The van der Waals surface area contributed by atoms with Gasteiger partial charge in [-0.2, -0.15) is 0 Å². The Bertz CT molecular complexity index is 148. The van der Waals surface area contributed by atoms with Crippen molar-refractivity contribution >= 4 is 0 Å². The first kappa shape index (κ1) is 7.20. The molecule has 2 rings (SSSR count). The fraction of sp³-hybridized carbons (Fsp3) is 0.800. The van der Waals surface area contributed by atoms with Gasteiger partial charge < -0.3 is 4.90 Å². The van der Waals surface area contributed by atoms with Gasteiger partial charge in [0.15, 0.2) is 0 Å². The van der Waals surface area contributed by atoms with Crippen LogP contribution >= 0.6 is 0 Å². The standard InChI is InChI=1S/C10H17N/c1-2-11-8-6-10(7-9-11)4-3-5-10/h2H,1,3-9H2. The molecule has 1 spiro atoms. The van der Waals surface area contributed by atoms with Crippen molar-refractivity contribution in [1.29, 1.82) is 0 Å². The Morgan fingerprint density at radius 2 is 1.73 bits per heavy atom. The van der Waals surface area contributed by atoms with Gasteiger partial charge in [0.1, 0.15) is 0 Å². The molecule has 1 heterocycles. The van der Waals surface area contributed by atoms with E-state index in [-0.39, 0.29) is 0 Å². The van der Waals surface area contributed by atoms with Crippen molar-refractivity contribution in [2.24, 2.45) is 5.41 Å². The molecule has 0 radical (unpaired) electrons. The van der Waals surface area contributed by atoms with Crippen molar-refractivity contribution in [2.45, 2.75) is 32.1 Å². The van der Waals surface area contributed by atoms with Crippen molar-refractivity contribution < 1.29 is 0 Å². The Kier molecular flexibility index (Phi) is 1.67. The van der Waals surface area contributed by atoms with E-state index < -0.39 is 0 Å². The molecule has 1 nitrogen and oxygen atoms in total. The maximum atomic E-state index is 3.80. The Balaban J connectivity index is 1.88. The number of rotatable bonds is 1. The summed E-state index contributed by atoms with van der Waals surface area (Å²) in [6, 6.07) is 0. The van der Waals surface area contributed by atoms with Gasteiger partial charge in [-0.15, -0.1) is 0 Å². The van der Waals surface area contributed by atoms with Crippen molar-refractivity contribution in [2.75, 3.05) is 13.1 Å². The van der Waals surface area contributed by atoms with Gasteiger partial charge in [-0.1, -0.05) is 13.0 Å².